The average Bonchev–Trinajstić information content (AvgIpc) is 3.37. The monoisotopic (exact) mass is 374 g/mol. The van der Waals surface area contributed by atoms with Crippen LogP contribution in [-0.4, -0.2) is 32.7 Å². The van der Waals surface area contributed by atoms with E-state index >= 15 is 0 Å². The smallest absolute Gasteiger partial charge is 0.225 e. The van der Waals surface area contributed by atoms with Gasteiger partial charge in [-0.3, -0.25) is 0 Å². The molecule has 5 heterocycles. The van der Waals surface area contributed by atoms with Gasteiger partial charge in [0.05, 0.1) is 6.33 Å². The van der Waals surface area contributed by atoms with Crippen molar-refractivity contribution in [3.8, 4) is 28.6 Å². The molecule has 0 amide bonds. The molecule has 3 atom stereocenters. The zero-order chi connectivity index (χ0) is 18.5. The Bertz CT molecular complexity index is 1010. The Labute approximate surface area is 163 Å². The highest BCUT2D eigenvalue weighted by atomic mass is 16.5. The third-order valence-corrected chi connectivity index (χ3v) is 6.10. The number of benzene rings is 1. The van der Waals surface area contributed by atoms with Crippen LogP contribution in [0.2, 0.25) is 0 Å². The SMILES string of the molecule is c1cn(-c2ccc3c(c2)COc2nc(OC4C[C@H]5CC[C@@H](C4)N5)ccc2-3)cn1. The second kappa shape index (κ2) is 6.34. The first-order chi connectivity index (χ1) is 13.8. The van der Waals surface area contributed by atoms with Gasteiger partial charge in [0.1, 0.15) is 12.7 Å². The number of hydrogen-bond donors (Lipinski definition) is 1. The second-order valence-electron chi connectivity index (χ2n) is 7.95. The number of nitrogens with one attached hydrogen (secondary N) is 1. The normalized spacial score (nSPS) is 24.9. The fraction of sp³-hybridized carbons (Fsp3) is 0.364. The molecule has 0 aliphatic carbocycles. The predicted octanol–water partition coefficient (Wildman–Crippen LogP) is 3.49. The Balaban J connectivity index is 1.26. The maximum Gasteiger partial charge on any atom is 0.225 e. The molecule has 3 aliphatic heterocycles. The van der Waals surface area contributed by atoms with E-state index in [9.17, 15) is 0 Å². The molecule has 2 fully saturated rings. The van der Waals surface area contributed by atoms with Crippen LogP contribution in [0.15, 0.2) is 49.1 Å². The Morgan fingerprint density at radius 1 is 1.07 bits per heavy atom. The lowest BCUT2D eigenvalue weighted by atomic mass is 9.98. The molecule has 3 aromatic rings. The summed E-state index contributed by atoms with van der Waals surface area (Å²) >= 11 is 0. The summed E-state index contributed by atoms with van der Waals surface area (Å²) in [5.41, 5.74) is 4.43. The van der Waals surface area contributed by atoms with Gasteiger partial charge in [-0.05, 0) is 55.0 Å². The first-order valence-corrected chi connectivity index (χ1v) is 10.00. The molecule has 2 saturated heterocycles. The minimum Gasteiger partial charge on any atom is -0.474 e. The van der Waals surface area contributed by atoms with Gasteiger partial charge in [0.15, 0.2) is 0 Å². The molecule has 0 radical (unpaired) electrons. The van der Waals surface area contributed by atoms with E-state index < -0.39 is 0 Å². The van der Waals surface area contributed by atoms with Crippen LogP contribution in [0.4, 0.5) is 0 Å². The molecule has 1 aromatic carbocycles. The van der Waals surface area contributed by atoms with Gasteiger partial charge in [-0.25, -0.2) is 4.98 Å². The molecule has 6 rings (SSSR count). The number of nitrogens with zero attached hydrogens (tertiary/aromatic N) is 3. The number of ether oxygens (including phenoxy) is 2. The third-order valence-electron chi connectivity index (χ3n) is 6.10. The van der Waals surface area contributed by atoms with Crippen molar-refractivity contribution >= 4 is 0 Å². The number of hydrogen-bond acceptors (Lipinski definition) is 5. The van der Waals surface area contributed by atoms with Crippen molar-refractivity contribution in [3.05, 3.63) is 54.6 Å². The summed E-state index contributed by atoms with van der Waals surface area (Å²) < 4.78 is 14.2. The Morgan fingerprint density at radius 2 is 1.93 bits per heavy atom. The van der Waals surface area contributed by atoms with Gasteiger partial charge in [-0.15, -0.1) is 0 Å². The van der Waals surface area contributed by atoms with Crippen molar-refractivity contribution in [2.24, 2.45) is 0 Å². The molecular weight excluding hydrogens is 352 g/mol. The molecule has 0 saturated carbocycles. The molecule has 2 bridgehead atoms. The summed E-state index contributed by atoms with van der Waals surface area (Å²) in [6, 6.07) is 11.6. The van der Waals surface area contributed by atoms with Gasteiger partial charge in [0, 0.05) is 41.8 Å². The van der Waals surface area contributed by atoms with E-state index in [2.05, 4.69) is 39.6 Å². The Morgan fingerprint density at radius 3 is 2.75 bits per heavy atom. The van der Waals surface area contributed by atoms with Gasteiger partial charge >= 0.3 is 0 Å². The van der Waals surface area contributed by atoms with Crippen LogP contribution < -0.4 is 14.8 Å². The number of imidazole rings is 1. The maximum atomic E-state index is 6.22. The van der Waals surface area contributed by atoms with Crippen molar-refractivity contribution < 1.29 is 9.47 Å². The van der Waals surface area contributed by atoms with E-state index in [4.69, 9.17) is 9.47 Å². The maximum absolute atomic E-state index is 6.22. The lowest BCUT2D eigenvalue weighted by molar-refractivity contribution is 0.130. The van der Waals surface area contributed by atoms with Crippen LogP contribution in [0.1, 0.15) is 31.2 Å². The molecule has 2 aromatic heterocycles. The number of rotatable bonds is 3. The van der Waals surface area contributed by atoms with Crippen LogP contribution in [0.5, 0.6) is 11.8 Å². The zero-order valence-electron chi connectivity index (χ0n) is 15.5. The minimum atomic E-state index is 0.248. The molecule has 6 nitrogen and oxygen atoms in total. The topological polar surface area (TPSA) is 61.2 Å². The van der Waals surface area contributed by atoms with Crippen LogP contribution >= 0.6 is 0 Å². The van der Waals surface area contributed by atoms with E-state index in [0.717, 1.165) is 29.7 Å². The third kappa shape index (κ3) is 2.76. The summed E-state index contributed by atoms with van der Waals surface area (Å²) in [7, 11) is 0. The predicted molar refractivity (Wildman–Crippen MR) is 105 cm³/mol. The van der Waals surface area contributed by atoms with E-state index in [-0.39, 0.29) is 6.10 Å². The van der Waals surface area contributed by atoms with Crippen molar-refractivity contribution in [1.82, 2.24) is 19.9 Å². The van der Waals surface area contributed by atoms with Crippen molar-refractivity contribution in [3.63, 3.8) is 0 Å². The van der Waals surface area contributed by atoms with Crippen molar-refractivity contribution in [1.29, 1.82) is 0 Å². The lowest BCUT2D eigenvalue weighted by Gasteiger charge is -2.29. The standard InChI is InChI=1S/C22H22N4O2/c1-2-16-11-18(10-15(1)24-16)28-21-6-5-20-19-4-3-17(26-8-7-23-13-26)9-14(19)12-27-22(20)25-21/h3-9,13,15-16,18,24H,1-2,10-12H2/t15-,16+,18?. The number of pyridine rings is 1. The summed E-state index contributed by atoms with van der Waals surface area (Å²) in [6.07, 6.45) is 10.4. The van der Waals surface area contributed by atoms with Crippen LogP contribution in [0.25, 0.3) is 16.8 Å². The largest absolute Gasteiger partial charge is 0.474 e. The van der Waals surface area contributed by atoms with E-state index in [0.29, 0.717) is 30.5 Å². The first kappa shape index (κ1) is 16.1. The fourth-order valence-corrected chi connectivity index (χ4v) is 4.76. The molecule has 6 heteroatoms. The minimum absolute atomic E-state index is 0.248. The zero-order valence-corrected chi connectivity index (χ0v) is 15.5. The Hall–Kier alpha value is -2.86. The summed E-state index contributed by atoms with van der Waals surface area (Å²) in [5, 5.41) is 3.65. The molecule has 3 aliphatic rings. The van der Waals surface area contributed by atoms with Crippen LogP contribution in [0, 0.1) is 0 Å². The quantitative estimate of drug-likeness (QED) is 0.760. The van der Waals surface area contributed by atoms with E-state index in [1.54, 1.807) is 12.5 Å². The first-order valence-electron chi connectivity index (χ1n) is 10.00. The molecular formula is C22H22N4O2. The molecule has 28 heavy (non-hydrogen) atoms. The molecule has 0 spiro atoms. The average molecular weight is 374 g/mol. The van der Waals surface area contributed by atoms with Crippen LogP contribution in [0.3, 0.4) is 0 Å². The highest BCUT2D eigenvalue weighted by Gasteiger charge is 2.34. The summed E-state index contributed by atoms with van der Waals surface area (Å²) in [5.74, 6) is 1.33. The number of aromatic nitrogens is 3. The molecule has 1 N–H and O–H groups in total. The second-order valence-corrected chi connectivity index (χ2v) is 7.95. The van der Waals surface area contributed by atoms with Gasteiger partial charge in [-0.2, -0.15) is 4.98 Å². The van der Waals surface area contributed by atoms with Gasteiger partial charge in [-0.1, -0.05) is 6.07 Å². The van der Waals surface area contributed by atoms with Crippen molar-refractivity contribution in [2.75, 3.05) is 0 Å². The highest BCUT2D eigenvalue weighted by Crippen LogP contribution is 2.39. The number of fused-ring (bicyclic) bond motifs is 5. The van der Waals surface area contributed by atoms with Gasteiger partial charge < -0.3 is 19.4 Å². The van der Waals surface area contributed by atoms with Crippen LogP contribution in [-0.2, 0) is 6.61 Å². The summed E-state index contributed by atoms with van der Waals surface area (Å²) in [4.78, 5) is 8.79. The van der Waals surface area contributed by atoms with Crippen molar-refractivity contribution in [2.45, 2.75) is 50.5 Å². The Kier molecular flexibility index (Phi) is 3.65. The molecule has 1 unspecified atom stereocenters. The van der Waals surface area contributed by atoms with E-state index in [1.807, 2.05) is 16.8 Å². The summed E-state index contributed by atoms with van der Waals surface area (Å²) in [6.45, 7) is 0.513. The molecule has 142 valence electrons. The van der Waals surface area contributed by atoms with E-state index in [1.165, 1.54) is 18.4 Å². The lowest BCUT2D eigenvalue weighted by Crippen LogP contribution is -2.42. The fourth-order valence-electron chi connectivity index (χ4n) is 4.76. The van der Waals surface area contributed by atoms with Gasteiger partial charge in [0.25, 0.3) is 0 Å². The highest BCUT2D eigenvalue weighted by molar-refractivity contribution is 5.74. The van der Waals surface area contributed by atoms with Gasteiger partial charge in [0.2, 0.25) is 11.8 Å². The number of piperidine rings is 1.